The molecule has 0 aromatic heterocycles. The Kier molecular flexibility index (Phi) is 6.09. The van der Waals surface area contributed by atoms with Gasteiger partial charge < -0.3 is 19.5 Å². The van der Waals surface area contributed by atoms with E-state index in [4.69, 9.17) is 9.47 Å². The van der Waals surface area contributed by atoms with Crippen LogP contribution in [0.4, 0.5) is 5.69 Å². The summed E-state index contributed by atoms with van der Waals surface area (Å²) in [6.07, 6.45) is 1.44. The molecule has 4 rings (SSSR count). The van der Waals surface area contributed by atoms with Gasteiger partial charge in [-0.1, -0.05) is 24.3 Å². The summed E-state index contributed by atoms with van der Waals surface area (Å²) in [6.45, 7) is 8.43. The molecule has 0 atom stereocenters. The summed E-state index contributed by atoms with van der Waals surface area (Å²) in [4.78, 5) is 4.84. The van der Waals surface area contributed by atoms with Gasteiger partial charge in [-0.05, 0) is 49.1 Å². The molecule has 156 valence electrons. The highest BCUT2D eigenvalue weighted by Crippen LogP contribution is 2.38. The van der Waals surface area contributed by atoms with E-state index in [2.05, 4.69) is 34.9 Å². The third-order valence-electron chi connectivity index (χ3n) is 6.39. The number of piperidine rings is 1. The number of benzene rings is 2. The smallest absolute Gasteiger partial charge is 0.124 e. The predicted octanol–water partition coefficient (Wildman–Crippen LogP) is 3.32. The van der Waals surface area contributed by atoms with E-state index in [0.717, 1.165) is 70.1 Å². The van der Waals surface area contributed by atoms with E-state index in [1.807, 2.05) is 24.3 Å². The predicted molar refractivity (Wildman–Crippen MR) is 116 cm³/mol. The molecule has 0 aliphatic carbocycles. The molecule has 2 aliphatic rings. The summed E-state index contributed by atoms with van der Waals surface area (Å²) < 4.78 is 10.9. The van der Waals surface area contributed by atoms with Crippen LogP contribution in [0.15, 0.2) is 42.5 Å². The van der Waals surface area contributed by atoms with Gasteiger partial charge in [0.2, 0.25) is 0 Å². The summed E-state index contributed by atoms with van der Waals surface area (Å²) in [7, 11) is 1.67. The van der Waals surface area contributed by atoms with Crippen molar-refractivity contribution in [3.63, 3.8) is 0 Å². The number of para-hydroxylation sites is 1. The first-order valence-electron chi connectivity index (χ1n) is 10.6. The van der Waals surface area contributed by atoms with Crippen LogP contribution in [0.5, 0.6) is 5.75 Å². The Morgan fingerprint density at radius 1 is 1.03 bits per heavy atom. The van der Waals surface area contributed by atoms with E-state index in [9.17, 15) is 5.11 Å². The van der Waals surface area contributed by atoms with Gasteiger partial charge in [0.25, 0.3) is 0 Å². The monoisotopic (exact) mass is 396 g/mol. The van der Waals surface area contributed by atoms with Gasteiger partial charge in [0.05, 0.1) is 25.9 Å². The molecule has 5 heteroatoms. The Balaban J connectivity index is 1.39. The molecule has 0 bridgehead atoms. The second kappa shape index (κ2) is 8.74. The zero-order chi connectivity index (χ0) is 20.3. The molecule has 0 radical (unpaired) electrons. The normalized spacial score (nSPS) is 19.9. The summed E-state index contributed by atoms with van der Waals surface area (Å²) in [5.41, 5.74) is 4.09. The molecule has 2 aliphatic heterocycles. The fraction of sp³-hybridized carbons (Fsp3) is 0.500. The minimum Gasteiger partial charge on any atom is -0.496 e. The zero-order valence-electron chi connectivity index (χ0n) is 17.6. The van der Waals surface area contributed by atoms with Gasteiger partial charge in [0, 0.05) is 44.0 Å². The van der Waals surface area contributed by atoms with Crippen molar-refractivity contribution in [2.75, 3.05) is 51.4 Å². The van der Waals surface area contributed by atoms with Crippen LogP contribution in [0.25, 0.3) is 0 Å². The second-order valence-electron chi connectivity index (χ2n) is 8.22. The Labute approximate surface area is 173 Å². The van der Waals surface area contributed by atoms with Crippen molar-refractivity contribution in [3.05, 3.63) is 59.2 Å². The first-order chi connectivity index (χ1) is 14.1. The largest absolute Gasteiger partial charge is 0.496 e. The maximum atomic E-state index is 11.3. The molecule has 2 aromatic rings. The molecule has 2 aromatic carbocycles. The maximum absolute atomic E-state index is 11.3. The molecule has 2 heterocycles. The highest BCUT2D eigenvalue weighted by atomic mass is 16.5. The topological polar surface area (TPSA) is 45.2 Å². The fourth-order valence-electron chi connectivity index (χ4n) is 4.50. The van der Waals surface area contributed by atoms with Gasteiger partial charge in [0.1, 0.15) is 5.75 Å². The lowest BCUT2D eigenvalue weighted by Crippen LogP contribution is -2.42. The Bertz CT molecular complexity index is 825. The Morgan fingerprint density at radius 2 is 1.76 bits per heavy atom. The van der Waals surface area contributed by atoms with E-state index in [1.54, 1.807) is 7.11 Å². The van der Waals surface area contributed by atoms with Crippen molar-refractivity contribution >= 4 is 5.69 Å². The number of anilines is 1. The lowest BCUT2D eigenvalue weighted by atomic mass is 9.83. The van der Waals surface area contributed by atoms with Crippen molar-refractivity contribution in [1.82, 2.24) is 4.90 Å². The standard InChI is InChI=1S/C24H32N2O3/c1-19-17-21(26-13-15-29-16-14-26)8-7-20(19)18-25-11-9-24(27,10-12-25)22-5-3-4-6-23(22)28-2/h3-8,17,27H,9-16,18H2,1-2H3. The molecule has 29 heavy (non-hydrogen) atoms. The van der Waals surface area contributed by atoms with Gasteiger partial charge in [-0.15, -0.1) is 0 Å². The molecular weight excluding hydrogens is 364 g/mol. The fourth-order valence-corrected chi connectivity index (χ4v) is 4.50. The minimum absolute atomic E-state index is 0.721. The summed E-state index contributed by atoms with van der Waals surface area (Å²) in [5, 5.41) is 11.3. The number of morpholine rings is 1. The average Bonchev–Trinajstić information content (AvgIpc) is 2.77. The van der Waals surface area contributed by atoms with Gasteiger partial charge in [0.15, 0.2) is 0 Å². The Morgan fingerprint density at radius 3 is 2.45 bits per heavy atom. The molecule has 1 N–H and O–H groups in total. The number of aryl methyl sites for hydroxylation is 1. The third-order valence-corrected chi connectivity index (χ3v) is 6.39. The highest BCUT2D eigenvalue weighted by molar-refractivity contribution is 5.51. The molecule has 0 saturated carbocycles. The SMILES string of the molecule is COc1ccccc1C1(O)CCN(Cc2ccc(N3CCOCC3)cc2C)CC1. The average molecular weight is 397 g/mol. The number of likely N-dealkylation sites (tertiary alicyclic amines) is 1. The molecule has 2 fully saturated rings. The van der Waals surface area contributed by atoms with Gasteiger partial charge in [-0.3, -0.25) is 4.90 Å². The van der Waals surface area contributed by atoms with E-state index in [0.29, 0.717) is 0 Å². The van der Waals surface area contributed by atoms with Crippen molar-refractivity contribution in [2.24, 2.45) is 0 Å². The zero-order valence-corrected chi connectivity index (χ0v) is 17.6. The number of nitrogens with zero attached hydrogens (tertiary/aromatic N) is 2. The lowest BCUT2D eigenvalue weighted by Gasteiger charge is -2.39. The van der Waals surface area contributed by atoms with Crippen LogP contribution in [0.1, 0.15) is 29.5 Å². The van der Waals surface area contributed by atoms with Crippen LogP contribution in [0.3, 0.4) is 0 Å². The van der Waals surface area contributed by atoms with E-state index in [-0.39, 0.29) is 0 Å². The van der Waals surface area contributed by atoms with Crippen LogP contribution in [0, 0.1) is 6.92 Å². The number of rotatable bonds is 5. The second-order valence-corrected chi connectivity index (χ2v) is 8.22. The van der Waals surface area contributed by atoms with E-state index < -0.39 is 5.60 Å². The van der Waals surface area contributed by atoms with Crippen LogP contribution in [-0.4, -0.2) is 56.5 Å². The summed E-state index contributed by atoms with van der Waals surface area (Å²) in [5.74, 6) is 0.776. The Hall–Kier alpha value is -2.08. The minimum atomic E-state index is -0.807. The number of hydrogen-bond acceptors (Lipinski definition) is 5. The van der Waals surface area contributed by atoms with Crippen molar-refractivity contribution < 1.29 is 14.6 Å². The molecule has 0 spiro atoms. The summed E-state index contributed by atoms with van der Waals surface area (Å²) in [6, 6.07) is 14.6. The maximum Gasteiger partial charge on any atom is 0.124 e. The van der Waals surface area contributed by atoms with Crippen LogP contribution >= 0.6 is 0 Å². The molecule has 0 amide bonds. The summed E-state index contributed by atoms with van der Waals surface area (Å²) >= 11 is 0. The quantitative estimate of drug-likeness (QED) is 0.840. The number of ether oxygens (including phenoxy) is 2. The first kappa shape index (κ1) is 20.2. The molecular formula is C24H32N2O3. The molecule has 5 nitrogen and oxygen atoms in total. The molecule has 2 saturated heterocycles. The van der Waals surface area contributed by atoms with Crippen LogP contribution < -0.4 is 9.64 Å². The van der Waals surface area contributed by atoms with Crippen molar-refractivity contribution in [3.8, 4) is 5.75 Å². The first-order valence-corrected chi connectivity index (χ1v) is 10.6. The van der Waals surface area contributed by atoms with Gasteiger partial charge in [-0.2, -0.15) is 0 Å². The third kappa shape index (κ3) is 4.42. The van der Waals surface area contributed by atoms with E-state index >= 15 is 0 Å². The van der Waals surface area contributed by atoms with Gasteiger partial charge in [-0.25, -0.2) is 0 Å². The van der Waals surface area contributed by atoms with Gasteiger partial charge >= 0.3 is 0 Å². The lowest BCUT2D eigenvalue weighted by molar-refractivity contribution is -0.0292. The number of hydrogen-bond donors (Lipinski definition) is 1. The van der Waals surface area contributed by atoms with E-state index in [1.165, 1.54) is 16.8 Å². The highest BCUT2D eigenvalue weighted by Gasteiger charge is 2.36. The number of aliphatic hydroxyl groups is 1. The van der Waals surface area contributed by atoms with Crippen molar-refractivity contribution in [1.29, 1.82) is 0 Å². The van der Waals surface area contributed by atoms with Crippen LogP contribution in [0.2, 0.25) is 0 Å². The number of methoxy groups -OCH3 is 1. The van der Waals surface area contributed by atoms with Crippen molar-refractivity contribution in [2.45, 2.75) is 31.9 Å². The molecule has 0 unspecified atom stereocenters. The van der Waals surface area contributed by atoms with Crippen LogP contribution in [-0.2, 0) is 16.9 Å².